The van der Waals surface area contributed by atoms with Gasteiger partial charge in [0.25, 0.3) is 0 Å². The third-order valence-corrected chi connectivity index (χ3v) is 1.80. The first kappa shape index (κ1) is 9.21. The highest BCUT2D eigenvalue weighted by molar-refractivity contribution is 7.90. The van der Waals surface area contributed by atoms with E-state index in [-0.39, 0.29) is 6.01 Å². The van der Waals surface area contributed by atoms with Crippen molar-refractivity contribution in [2.45, 2.75) is 13.8 Å². The van der Waals surface area contributed by atoms with Crippen molar-refractivity contribution in [2.75, 3.05) is 6.26 Å². The summed E-state index contributed by atoms with van der Waals surface area (Å²) in [5.74, 6) is 0.664. The standard InChI is InChI=1S/C6H11N3O2S/c1-4-5(2)11-6(8-4)9-12(3,7)10/h1-3H3,(H2,7,8,9,10). The topological polar surface area (TPSA) is 81.5 Å². The maximum atomic E-state index is 11.0. The van der Waals surface area contributed by atoms with Gasteiger partial charge in [0, 0.05) is 6.26 Å². The number of nitrogens with zero attached hydrogens (tertiary/aromatic N) is 2. The van der Waals surface area contributed by atoms with Crippen LogP contribution in [-0.2, 0) is 9.92 Å². The van der Waals surface area contributed by atoms with Crippen LogP contribution in [0.5, 0.6) is 0 Å². The van der Waals surface area contributed by atoms with Crippen molar-refractivity contribution in [2.24, 2.45) is 9.50 Å². The Hall–Kier alpha value is -0.880. The fourth-order valence-corrected chi connectivity index (χ4v) is 1.04. The maximum Gasteiger partial charge on any atom is 0.331 e. The lowest BCUT2D eigenvalue weighted by Crippen LogP contribution is -2.07. The molecule has 1 heterocycles. The second kappa shape index (κ2) is 2.87. The Bertz CT molecular complexity index is 373. The molecule has 0 amide bonds. The minimum Gasteiger partial charge on any atom is -0.427 e. The molecular weight excluding hydrogens is 178 g/mol. The Morgan fingerprint density at radius 3 is 2.50 bits per heavy atom. The highest BCUT2D eigenvalue weighted by Crippen LogP contribution is 2.16. The molecule has 0 bridgehead atoms. The summed E-state index contributed by atoms with van der Waals surface area (Å²) < 4.78 is 19.6. The minimum absolute atomic E-state index is 0.0833. The lowest BCUT2D eigenvalue weighted by molar-refractivity contribution is 0.537. The highest BCUT2D eigenvalue weighted by Gasteiger charge is 2.04. The molecule has 2 N–H and O–H groups in total. The second-order valence-corrected chi connectivity index (χ2v) is 4.50. The SMILES string of the molecule is Cc1nc(N=S(C)(N)=O)oc1C. The van der Waals surface area contributed by atoms with Crippen LogP contribution in [0.15, 0.2) is 8.78 Å². The van der Waals surface area contributed by atoms with Crippen LogP contribution in [0, 0.1) is 13.8 Å². The summed E-state index contributed by atoms with van der Waals surface area (Å²) in [6, 6.07) is 0.0833. The van der Waals surface area contributed by atoms with Crippen molar-refractivity contribution in [1.29, 1.82) is 0 Å². The molecule has 0 aliphatic carbocycles. The van der Waals surface area contributed by atoms with Crippen LogP contribution in [0.1, 0.15) is 11.5 Å². The van der Waals surface area contributed by atoms with Crippen molar-refractivity contribution in [3.05, 3.63) is 11.5 Å². The van der Waals surface area contributed by atoms with Gasteiger partial charge in [0.15, 0.2) is 0 Å². The van der Waals surface area contributed by atoms with Crippen LogP contribution in [0.2, 0.25) is 0 Å². The van der Waals surface area contributed by atoms with Crippen LogP contribution in [-0.4, -0.2) is 15.4 Å². The number of oxazole rings is 1. The van der Waals surface area contributed by atoms with E-state index < -0.39 is 9.92 Å². The molecule has 12 heavy (non-hydrogen) atoms. The Labute approximate surface area is 71.3 Å². The average Bonchev–Trinajstić information content (AvgIpc) is 2.07. The number of aromatic nitrogens is 1. The lowest BCUT2D eigenvalue weighted by atomic mass is 10.4. The van der Waals surface area contributed by atoms with Crippen LogP contribution >= 0.6 is 0 Å². The molecule has 0 aliphatic rings. The molecule has 0 fully saturated rings. The van der Waals surface area contributed by atoms with Gasteiger partial charge in [-0.1, -0.05) is 0 Å². The molecule has 1 aromatic heterocycles. The van der Waals surface area contributed by atoms with Crippen LogP contribution in [0.4, 0.5) is 6.01 Å². The summed E-state index contributed by atoms with van der Waals surface area (Å²) in [4.78, 5) is 3.90. The zero-order valence-corrected chi connectivity index (χ0v) is 8.01. The third-order valence-electron chi connectivity index (χ3n) is 1.28. The molecular formula is C6H11N3O2S. The molecule has 1 atom stereocenters. The molecule has 1 rings (SSSR count). The largest absolute Gasteiger partial charge is 0.427 e. The van der Waals surface area contributed by atoms with Gasteiger partial charge in [0.05, 0.1) is 5.69 Å². The fourth-order valence-electron chi connectivity index (χ4n) is 0.650. The molecule has 0 spiro atoms. The van der Waals surface area contributed by atoms with Gasteiger partial charge in [0.1, 0.15) is 15.7 Å². The summed E-state index contributed by atoms with van der Waals surface area (Å²) in [5, 5.41) is 5.19. The van der Waals surface area contributed by atoms with E-state index >= 15 is 0 Å². The highest BCUT2D eigenvalue weighted by atomic mass is 32.2. The van der Waals surface area contributed by atoms with Gasteiger partial charge in [0.2, 0.25) is 0 Å². The lowest BCUT2D eigenvalue weighted by Gasteiger charge is -1.88. The molecule has 0 radical (unpaired) electrons. The van der Waals surface area contributed by atoms with Crippen molar-refractivity contribution in [3.63, 3.8) is 0 Å². The summed E-state index contributed by atoms with van der Waals surface area (Å²) in [5.41, 5.74) is 0.734. The first-order chi connectivity index (χ1) is 5.38. The van der Waals surface area contributed by atoms with Crippen LogP contribution in [0.3, 0.4) is 0 Å². The van der Waals surface area contributed by atoms with Gasteiger partial charge in [-0.15, -0.1) is 4.36 Å². The molecule has 5 nitrogen and oxygen atoms in total. The van der Waals surface area contributed by atoms with Gasteiger partial charge in [-0.3, -0.25) is 0 Å². The first-order valence-corrected chi connectivity index (χ1v) is 5.31. The van der Waals surface area contributed by atoms with E-state index in [0.29, 0.717) is 5.76 Å². The normalized spacial score (nSPS) is 15.7. The van der Waals surface area contributed by atoms with E-state index in [1.807, 2.05) is 0 Å². The quantitative estimate of drug-likeness (QED) is 0.712. The molecule has 0 aliphatic heterocycles. The van der Waals surface area contributed by atoms with Crippen molar-refractivity contribution in [1.82, 2.24) is 4.98 Å². The smallest absolute Gasteiger partial charge is 0.331 e. The number of hydrogen-bond donors (Lipinski definition) is 1. The molecule has 68 valence electrons. The average molecular weight is 189 g/mol. The van der Waals surface area contributed by atoms with Gasteiger partial charge in [-0.05, 0) is 13.8 Å². The number of hydrogen-bond acceptors (Lipinski definition) is 4. The summed E-state index contributed by atoms with van der Waals surface area (Å²) in [7, 11) is -2.66. The van der Waals surface area contributed by atoms with Crippen molar-refractivity contribution < 1.29 is 8.63 Å². The van der Waals surface area contributed by atoms with E-state index in [9.17, 15) is 4.21 Å². The predicted molar refractivity (Wildman–Crippen MR) is 46.3 cm³/mol. The zero-order chi connectivity index (χ0) is 9.35. The van der Waals surface area contributed by atoms with E-state index in [1.54, 1.807) is 13.8 Å². The van der Waals surface area contributed by atoms with E-state index in [4.69, 9.17) is 9.56 Å². The van der Waals surface area contributed by atoms with E-state index in [2.05, 4.69) is 9.35 Å². The van der Waals surface area contributed by atoms with Gasteiger partial charge >= 0.3 is 6.01 Å². The number of rotatable bonds is 1. The molecule has 0 saturated carbocycles. The predicted octanol–water partition coefficient (Wildman–Crippen LogP) is 0.894. The monoisotopic (exact) mass is 189 g/mol. The molecule has 6 heteroatoms. The third kappa shape index (κ3) is 2.31. The van der Waals surface area contributed by atoms with Gasteiger partial charge in [-0.25, -0.2) is 9.35 Å². The zero-order valence-electron chi connectivity index (χ0n) is 7.20. The van der Waals surface area contributed by atoms with Crippen molar-refractivity contribution in [3.8, 4) is 0 Å². The first-order valence-electron chi connectivity index (χ1n) is 3.32. The molecule has 1 unspecified atom stereocenters. The Morgan fingerprint density at radius 2 is 2.17 bits per heavy atom. The summed E-state index contributed by atoms with van der Waals surface area (Å²) in [6.45, 7) is 3.54. The van der Waals surface area contributed by atoms with Gasteiger partial charge in [-0.2, -0.15) is 4.98 Å². The fraction of sp³-hybridized carbons (Fsp3) is 0.500. The van der Waals surface area contributed by atoms with Crippen molar-refractivity contribution >= 4 is 15.9 Å². The van der Waals surface area contributed by atoms with E-state index in [0.717, 1.165) is 5.69 Å². The summed E-state index contributed by atoms with van der Waals surface area (Å²) >= 11 is 0. The van der Waals surface area contributed by atoms with Crippen LogP contribution in [0.25, 0.3) is 0 Å². The van der Waals surface area contributed by atoms with E-state index in [1.165, 1.54) is 6.26 Å². The number of nitrogens with two attached hydrogens (primary N) is 1. The van der Waals surface area contributed by atoms with Crippen LogP contribution < -0.4 is 5.14 Å². The second-order valence-electron chi connectivity index (χ2n) is 2.59. The Balaban J connectivity index is 3.16. The van der Waals surface area contributed by atoms with Gasteiger partial charge < -0.3 is 4.42 Å². The molecule has 1 aromatic rings. The molecule has 0 aromatic carbocycles. The maximum absolute atomic E-state index is 11.0. The molecule has 0 saturated heterocycles. The Morgan fingerprint density at radius 1 is 1.58 bits per heavy atom. The minimum atomic E-state index is -2.66. The Kier molecular flexibility index (Phi) is 2.20. The summed E-state index contributed by atoms with van der Waals surface area (Å²) in [6.07, 6.45) is 1.32. The number of aryl methyl sites for hydroxylation is 2.